The van der Waals surface area contributed by atoms with Crippen molar-refractivity contribution in [3.63, 3.8) is 0 Å². The number of nitrogens with zero attached hydrogens (tertiary/aromatic N) is 2. The minimum Gasteiger partial charge on any atom is -0.497 e. The Morgan fingerprint density at radius 3 is 2.64 bits per heavy atom. The van der Waals surface area contributed by atoms with Crippen LogP contribution >= 0.6 is 0 Å². The highest BCUT2D eigenvalue weighted by atomic mass is 16.5. The summed E-state index contributed by atoms with van der Waals surface area (Å²) in [6, 6.07) is 9.48. The lowest BCUT2D eigenvalue weighted by atomic mass is 9.93. The van der Waals surface area contributed by atoms with Crippen LogP contribution in [-0.2, 0) is 11.3 Å². The second kappa shape index (κ2) is 7.30. The number of ether oxygens (including phenoxy) is 1. The summed E-state index contributed by atoms with van der Waals surface area (Å²) in [7, 11) is 1.62. The van der Waals surface area contributed by atoms with Gasteiger partial charge in [-0.15, -0.1) is 0 Å². The summed E-state index contributed by atoms with van der Waals surface area (Å²) < 4.78 is 6.82. The van der Waals surface area contributed by atoms with Crippen LogP contribution in [0.3, 0.4) is 0 Å². The molecule has 0 spiro atoms. The lowest BCUT2D eigenvalue weighted by molar-refractivity contribution is -0.128. The lowest BCUT2D eigenvalue weighted by Gasteiger charge is -2.35. The van der Waals surface area contributed by atoms with Gasteiger partial charge in [-0.1, -0.05) is 19.3 Å². The molecule has 2 amide bonds. The average molecular weight is 382 g/mol. The van der Waals surface area contributed by atoms with Gasteiger partial charge in [-0.25, -0.2) is 0 Å². The Morgan fingerprint density at radius 1 is 1.25 bits per heavy atom. The molecule has 4 rings (SSSR count). The van der Waals surface area contributed by atoms with Gasteiger partial charge in [0.2, 0.25) is 5.91 Å². The van der Waals surface area contributed by atoms with E-state index in [4.69, 9.17) is 4.74 Å². The van der Waals surface area contributed by atoms with Crippen molar-refractivity contribution in [2.45, 2.75) is 57.2 Å². The summed E-state index contributed by atoms with van der Waals surface area (Å²) in [5.74, 6) is 0.345. The zero-order valence-corrected chi connectivity index (χ0v) is 16.3. The van der Waals surface area contributed by atoms with Gasteiger partial charge in [0.1, 0.15) is 17.0 Å². The number of aromatic nitrogens is 2. The van der Waals surface area contributed by atoms with E-state index in [0.717, 1.165) is 37.0 Å². The van der Waals surface area contributed by atoms with Crippen molar-refractivity contribution in [1.29, 1.82) is 0 Å². The van der Waals surface area contributed by atoms with Crippen LogP contribution in [0.15, 0.2) is 30.3 Å². The minimum absolute atomic E-state index is 0.139. The van der Waals surface area contributed by atoms with Gasteiger partial charge in [-0.2, -0.15) is 5.10 Å². The van der Waals surface area contributed by atoms with E-state index < -0.39 is 5.54 Å². The Morgan fingerprint density at radius 2 is 1.96 bits per heavy atom. The number of nitrogens with one attached hydrogen (secondary N) is 2. The van der Waals surface area contributed by atoms with Gasteiger partial charge in [-0.05, 0) is 50.1 Å². The van der Waals surface area contributed by atoms with Crippen molar-refractivity contribution in [1.82, 2.24) is 20.4 Å². The Balaban J connectivity index is 1.54. The zero-order valence-electron chi connectivity index (χ0n) is 16.3. The zero-order chi connectivity index (χ0) is 19.7. The van der Waals surface area contributed by atoms with Crippen molar-refractivity contribution in [2.75, 3.05) is 7.11 Å². The summed E-state index contributed by atoms with van der Waals surface area (Å²) in [5.41, 5.74) is 1.05. The molecule has 1 unspecified atom stereocenters. The number of rotatable bonds is 4. The lowest BCUT2D eigenvalue weighted by Crippen LogP contribution is -2.63. The van der Waals surface area contributed by atoms with Gasteiger partial charge in [0.15, 0.2) is 0 Å². The highest BCUT2D eigenvalue weighted by Crippen LogP contribution is 2.26. The molecule has 0 bridgehead atoms. The number of methoxy groups -OCH3 is 1. The van der Waals surface area contributed by atoms with Gasteiger partial charge in [-0.3, -0.25) is 14.3 Å². The molecule has 0 saturated heterocycles. The minimum atomic E-state index is -1.01. The van der Waals surface area contributed by atoms with Gasteiger partial charge < -0.3 is 15.4 Å². The molecule has 2 heterocycles. The van der Waals surface area contributed by atoms with Crippen LogP contribution in [0, 0.1) is 0 Å². The Labute approximate surface area is 164 Å². The van der Waals surface area contributed by atoms with E-state index in [0.29, 0.717) is 17.9 Å². The van der Waals surface area contributed by atoms with E-state index in [-0.39, 0.29) is 17.9 Å². The number of carbonyl (C=O) groups excluding carboxylic acids is 2. The fraction of sp³-hybridized carbons (Fsp3) is 0.476. The maximum atomic E-state index is 12.9. The summed E-state index contributed by atoms with van der Waals surface area (Å²) in [6.07, 6.45) is 5.52. The van der Waals surface area contributed by atoms with Crippen LogP contribution in [-0.4, -0.2) is 40.3 Å². The Bertz CT molecular complexity index is 884. The van der Waals surface area contributed by atoms with Crippen LogP contribution < -0.4 is 15.4 Å². The fourth-order valence-corrected chi connectivity index (χ4v) is 4.00. The summed E-state index contributed by atoms with van der Waals surface area (Å²) in [4.78, 5) is 25.6. The molecule has 2 aliphatic rings. The van der Waals surface area contributed by atoms with Crippen molar-refractivity contribution in [3.8, 4) is 17.0 Å². The van der Waals surface area contributed by atoms with Gasteiger partial charge in [0.05, 0.1) is 19.3 Å². The normalized spacial score (nSPS) is 22.3. The first-order valence-electron chi connectivity index (χ1n) is 9.84. The van der Waals surface area contributed by atoms with E-state index in [2.05, 4.69) is 15.7 Å². The van der Waals surface area contributed by atoms with Crippen LogP contribution in [0.5, 0.6) is 5.75 Å². The third-order valence-electron chi connectivity index (χ3n) is 5.70. The highest BCUT2D eigenvalue weighted by Gasteiger charge is 2.42. The molecule has 1 saturated carbocycles. The molecule has 28 heavy (non-hydrogen) atoms. The predicted molar refractivity (Wildman–Crippen MR) is 105 cm³/mol. The number of benzene rings is 1. The second-order valence-corrected chi connectivity index (χ2v) is 7.90. The van der Waals surface area contributed by atoms with E-state index in [9.17, 15) is 9.59 Å². The predicted octanol–water partition coefficient (Wildman–Crippen LogP) is 2.51. The first kappa shape index (κ1) is 18.5. The fourth-order valence-electron chi connectivity index (χ4n) is 4.00. The van der Waals surface area contributed by atoms with Gasteiger partial charge >= 0.3 is 0 Å². The average Bonchev–Trinajstić information content (AvgIpc) is 3.13. The molecule has 1 aliphatic carbocycles. The summed E-state index contributed by atoms with van der Waals surface area (Å²) in [6.45, 7) is 2.07. The standard InChI is InChI=1S/C21H26N4O3/c1-21(20(27)22-15-6-4-3-5-7-15)13-25-18(19(26)23-21)12-17(24-25)14-8-10-16(28-2)11-9-14/h8-12,15H,3-7,13H2,1-2H3,(H,22,27)(H,23,26). The monoisotopic (exact) mass is 382 g/mol. The van der Waals surface area contributed by atoms with E-state index >= 15 is 0 Å². The third-order valence-corrected chi connectivity index (χ3v) is 5.70. The van der Waals surface area contributed by atoms with Crippen LogP contribution in [0.2, 0.25) is 0 Å². The van der Waals surface area contributed by atoms with E-state index in [1.807, 2.05) is 24.3 Å². The first-order chi connectivity index (χ1) is 13.5. The maximum Gasteiger partial charge on any atom is 0.270 e. The van der Waals surface area contributed by atoms with Crippen molar-refractivity contribution < 1.29 is 14.3 Å². The molecule has 148 valence electrons. The maximum absolute atomic E-state index is 12.9. The second-order valence-electron chi connectivity index (χ2n) is 7.90. The molecular weight excluding hydrogens is 356 g/mol. The number of hydrogen-bond acceptors (Lipinski definition) is 4. The molecule has 1 fully saturated rings. The molecule has 1 atom stereocenters. The molecule has 2 aromatic rings. The molecule has 1 aromatic carbocycles. The smallest absolute Gasteiger partial charge is 0.270 e. The van der Waals surface area contributed by atoms with E-state index in [1.54, 1.807) is 24.8 Å². The topological polar surface area (TPSA) is 85.2 Å². The van der Waals surface area contributed by atoms with Crippen LogP contribution in [0.25, 0.3) is 11.3 Å². The molecule has 1 aliphatic heterocycles. The highest BCUT2D eigenvalue weighted by molar-refractivity contribution is 6.00. The van der Waals surface area contributed by atoms with Crippen LogP contribution in [0.1, 0.15) is 49.5 Å². The number of fused-ring (bicyclic) bond motifs is 1. The first-order valence-corrected chi connectivity index (χ1v) is 9.84. The molecular formula is C21H26N4O3. The van der Waals surface area contributed by atoms with Crippen molar-refractivity contribution >= 4 is 11.8 Å². The third kappa shape index (κ3) is 3.48. The Kier molecular flexibility index (Phi) is 4.83. The molecule has 7 nitrogen and oxygen atoms in total. The van der Waals surface area contributed by atoms with E-state index in [1.165, 1.54) is 6.42 Å². The Hall–Kier alpha value is -2.83. The van der Waals surface area contributed by atoms with Crippen LogP contribution in [0.4, 0.5) is 0 Å². The largest absolute Gasteiger partial charge is 0.497 e. The number of carbonyl (C=O) groups is 2. The summed E-state index contributed by atoms with van der Waals surface area (Å²) >= 11 is 0. The number of hydrogen-bond donors (Lipinski definition) is 2. The summed E-state index contributed by atoms with van der Waals surface area (Å²) in [5, 5.41) is 10.6. The van der Waals surface area contributed by atoms with Gasteiger partial charge in [0, 0.05) is 11.6 Å². The quantitative estimate of drug-likeness (QED) is 0.851. The molecule has 1 aromatic heterocycles. The SMILES string of the molecule is COc1ccc(-c2cc3n(n2)CC(C)(C(=O)NC2CCCCC2)NC3=O)cc1. The van der Waals surface area contributed by atoms with Crippen molar-refractivity contribution in [2.24, 2.45) is 0 Å². The number of amides is 2. The molecule has 7 heteroatoms. The van der Waals surface area contributed by atoms with Gasteiger partial charge in [0.25, 0.3) is 5.91 Å². The molecule has 2 N–H and O–H groups in total. The van der Waals surface area contributed by atoms with Crippen molar-refractivity contribution in [3.05, 3.63) is 36.0 Å². The molecule has 0 radical (unpaired) electrons.